The normalized spacial score (nSPS) is 22.0. The SMILES string of the molecule is CNCC1CCN(C(=O)C2CCCN(C(=O)c3ccccc3)C2)CC1. The lowest BCUT2D eigenvalue weighted by Crippen LogP contribution is -2.49. The summed E-state index contributed by atoms with van der Waals surface area (Å²) in [5.41, 5.74) is 0.712. The number of nitrogens with one attached hydrogen (secondary N) is 1. The number of hydrogen-bond acceptors (Lipinski definition) is 3. The Morgan fingerprint density at radius 1 is 1.04 bits per heavy atom. The van der Waals surface area contributed by atoms with E-state index in [2.05, 4.69) is 5.32 Å². The Balaban J connectivity index is 1.56. The predicted molar refractivity (Wildman–Crippen MR) is 98.3 cm³/mol. The van der Waals surface area contributed by atoms with E-state index in [1.165, 1.54) is 0 Å². The number of benzene rings is 1. The fraction of sp³-hybridized carbons (Fsp3) is 0.600. The third kappa shape index (κ3) is 4.40. The Labute approximate surface area is 150 Å². The van der Waals surface area contributed by atoms with Gasteiger partial charge in [0.15, 0.2) is 0 Å². The van der Waals surface area contributed by atoms with Gasteiger partial charge in [0.05, 0.1) is 5.92 Å². The van der Waals surface area contributed by atoms with Crippen molar-refractivity contribution in [1.82, 2.24) is 15.1 Å². The van der Waals surface area contributed by atoms with Crippen LogP contribution in [0.25, 0.3) is 0 Å². The summed E-state index contributed by atoms with van der Waals surface area (Å²) in [5, 5.41) is 3.23. The minimum absolute atomic E-state index is 0.0396. The molecular formula is C20H29N3O2. The van der Waals surface area contributed by atoms with E-state index in [-0.39, 0.29) is 17.7 Å². The van der Waals surface area contributed by atoms with Crippen LogP contribution in [0.15, 0.2) is 30.3 Å². The standard InChI is InChI=1S/C20H29N3O2/c1-21-14-16-9-12-22(13-10-16)20(25)18-8-5-11-23(15-18)19(24)17-6-3-2-4-7-17/h2-4,6-7,16,18,21H,5,8-15H2,1H3. The van der Waals surface area contributed by atoms with Crippen molar-refractivity contribution in [2.75, 3.05) is 39.8 Å². The lowest BCUT2D eigenvalue weighted by molar-refractivity contribution is -0.138. The van der Waals surface area contributed by atoms with Crippen LogP contribution in [-0.4, -0.2) is 61.4 Å². The Morgan fingerprint density at radius 2 is 1.76 bits per heavy atom. The van der Waals surface area contributed by atoms with Gasteiger partial charge < -0.3 is 15.1 Å². The lowest BCUT2D eigenvalue weighted by atomic mass is 9.92. The quantitative estimate of drug-likeness (QED) is 0.910. The lowest BCUT2D eigenvalue weighted by Gasteiger charge is -2.38. The zero-order chi connectivity index (χ0) is 17.6. The molecule has 136 valence electrons. The first-order chi connectivity index (χ1) is 12.2. The van der Waals surface area contributed by atoms with Crippen molar-refractivity contribution in [3.05, 3.63) is 35.9 Å². The number of amides is 2. The van der Waals surface area contributed by atoms with Crippen LogP contribution in [0, 0.1) is 11.8 Å². The van der Waals surface area contributed by atoms with Gasteiger partial charge in [-0.2, -0.15) is 0 Å². The molecule has 0 aliphatic carbocycles. The summed E-state index contributed by atoms with van der Waals surface area (Å²) in [5.74, 6) is 0.929. The maximum absolute atomic E-state index is 12.9. The van der Waals surface area contributed by atoms with Crippen molar-refractivity contribution >= 4 is 11.8 Å². The summed E-state index contributed by atoms with van der Waals surface area (Å²) in [7, 11) is 1.98. The van der Waals surface area contributed by atoms with E-state index >= 15 is 0 Å². The molecule has 0 bridgehead atoms. The van der Waals surface area contributed by atoms with Crippen molar-refractivity contribution in [1.29, 1.82) is 0 Å². The number of piperidine rings is 2. The highest BCUT2D eigenvalue weighted by Crippen LogP contribution is 2.24. The maximum Gasteiger partial charge on any atom is 0.253 e. The Kier molecular flexibility index (Phi) is 6.08. The molecule has 2 amide bonds. The Hall–Kier alpha value is -1.88. The van der Waals surface area contributed by atoms with Gasteiger partial charge in [-0.15, -0.1) is 0 Å². The molecule has 1 aromatic rings. The molecule has 1 N–H and O–H groups in total. The minimum atomic E-state index is -0.0396. The second-order valence-corrected chi connectivity index (χ2v) is 7.28. The van der Waals surface area contributed by atoms with E-state index in [1.54, 1.807) is 0 Å². The zero-order valence-electron chi connectivity index (χ0n) is 15.1. The van der Waals surface area contributed by atoms with E-state index in [9.17, 15) is 9.59 Å². The molecule has 2 fully saturated rings. The maximum atomic E-state index is 12.9. The molecule has 2 aliphatic rings. The molecule has 0 radical (unpaired) electrons. The molecule has 2 aliphatic heterocycles. The molecule has 3 rings (SSSR count). The molecule has 2 heterocycles. The number of hydrogen-bond donors (Lipinski definition) is 1. The summed E-state index contributed by atoms with van der Waals surface area (Å²) in [4.78, 5) is 29.4. The molecule has 0 saturated carbocycles. The van der Waals surface area contributed by atoms with Crippen molar-refractivity contribution in [2.24, 2.45) is 11.8 Å². The number of carbonyl (C=O) groups is 2. The highest BCUT2D eigenvalue weighted by Gasteiger charge is 2.33. The largest absolute Gasteiger partial charge is 0.342 e. The van der Waals surface area contributed by atoms with Crippen LogP contribution in [0.2, 0.25) is 0 Å². The number of rotatable bonds is 4. The molecule has 1 aromatic carbocycles. The number of nitrogens with zero attached hydrogens (tertiary/aromatic N) is 2. The average Bonchev–Trinajstić information content (AvgIpc) is 2.68. The van der Waals surface area contributed by atoms with E-state index in [1.807, 2.05) is 47.2 Å². The minimum Gasteiger partial charge on any atom is -0.342 e. The van der Waals surface area contributed by atoms with Gasteiger partial charge in [0.1, 0.15) is 0 Å². The van der Waals surface area contributed by atoms with Crippen LogP contribution >= 0.6 is 0 Å². The van der Waals surface area contributed by atoms with Crippen LogP contribution in [0.1, 0.15) is 36.0 Å². The van der Waals surface area contributed by atoms with Crippen LogP contribution < -0.4 is 5.32 Å². The number of carbonyl (C=O) groups excluding carboxylic acids is 2. The zero-order valence-corrected chi connectivity index (χ0v) is 15.1. The predicted octanol–water partition coefficient (Wildman–Crippen LogP) is 2.00. The van der Waals surface area contributed by atoms with E-state index in [4.69, 9.17) is 0 Å². The molecular weight excluding hydrogens is 314 g/mol. The van der Waals surface area contributed by atoms with Gasteiger partial charge in [-0.1, -0.05) is 18.2 Å². The number of likely N-dealkylation sites (tertiary alicyclic amines) is 2. The molecule has 0 aromatic heterocycles. The van der Waals surface area contributed by atoms with Crippen molar-refractivity contribution in [2.45, 2.75) is 25.7 Å². The van der Waals surface area contributed by atoms with Gasteiger partial charge >= 0.3 is 0 Å². The van der Waals surface area contributed by atoms with Crippen LogP contribution in [0.3, 0.4) is 0 Å². The van der Waals surface area contributed by atoms with Gasteiger partial charge in [-0.05, 0) is 57.3 Å². The van der Waals surface area contributed by atoms with E-state index in [0.717, 1.165) is 51.9 Å². The van der Waals surface area contributed by atoms with Gasteiger partial charge in [-0.3, -0.25) is 9.59 Å². The average molecular weight is 343 g/mol. The van der Waals surface area contributed by atoms with Crippen molar-refractivity contribution in [3.63, 3.8) is 0 Å². The highest BCUT2D eigenvalue weighted by atomic mass is 16.2. The van der Waals surface area contributed by atoms with Gasteiger partial charge in [-0.25, -0.2) is 0 Å². The smallest absolute Gasteiger partial charge is 0.253 e. The molecule has 0 spiro atoms. The topological polar surface area (TPSA) is 52.7 Å². The van der Waals surface area contributed by atoms with Crippen molar-refractivity contribution < 1.29 is 9.59 Å². The third-order valence-corrected chi connectivity index (χ3v) is 5.50. The third-order valence-electron chi connectivity index (χ3n) is 5.50. The van der Waals surface area contributed by atoms with Gasteiger partial charge in [0.25, 0.3) is 5.91 Å². The highest BCUT2D eigenvalue weighted by molar-refractivity contribution is 5.94. The molecule has 2 saturated heterocycles. The first-order valence-electron chi connectivity index (χ1n) is 9.46. The first-order valence-corrected chi connectivity index (χ1v) is 9.46. The van der Waals surface area contributed by atoms with Crippen molar-refractivity contribution in [3.8, 4) is 0 Å². The second kappa shape index (κ2) is 8.48. The monoisotopic (exact) mass is 343 g/mol. The van der Waals surface area contributed by atoms with E-state index < -0.39 is 0 Å². The molecule has 1 atom stereocenters. The molecule has 25 heavy (non-hydrogen) atoms. The van der Waals surface area contributed by atoms with Crippen LogP contribution in [-0.2, 0) is 4.79 Å². The molecule has 1 unspecified atom stereocenters. The van der Waals surface area contributed by atoms with Gasteiger partial charge in [0, 0.05) is 31.7 Å². The Morgan fingerprint density at radius 3 is 2.44 bits per heavy atom. The Bertz CT molecular complexity index is 582. The molecule has 5 nitrogen and oxygen atoms in total. The summed E-state index contributed by atoms with van der Waals surface area (Å²) in [6.45, 7) is 4.05. The van der Waals surface area contributed by atoms with Gasteiger partial charge in [0.2, 0.25) is 5.91 Å². The van der Waals surface area contributed by atoms with E-state index in [0.29, 0.717) is 18.0 Å². The summed E-state index contributed by atoms with van der Waals surface area (Å²) < 4.78 is 0. The van der Waals surface area contributed by atoms with Crippen LogP contribution in [0.4, 0.5) is 0 Å². The second-order valence-electron chi connectivity index (χ2n) is 7.28. The first kappa shape index (κ1) is 17.9. The summed E-state index contributed by atoms with van der Waals surface area (Å²) >= 11 is 0. The van der Waals surface area contributed by atoms with Crippen LogP contribution in [0.5, 0.6) is 0 Å². The summed E-state index contributed by atoms with van der Waals surface area (Å²) in [6.07, 6.45) is 3.96. The summed E-state index contributed by atoms with van der Waals surface area (Å²) in [6, 6.07) is 9.38. The fourth-order valence-electron chi connectivity index (χ4n) is 4.03. The molecule has 5 heteroatoms. The fourth-order valence-corrected chi connectivity index (χ4v) is 4.03.